The molecule has 1 aromatic heterocycles. The highest BCUT2D eigenvalue weighted by Gasteiger charge is 2.09. The number of carbonyl (C=O) groups excluding carboxylic acids is 2. The lowest BCUT2D eigenvalue weighted by molar-refractivity contribution is -0.306. The fourth-order valence-electron chi connectivity index (χ4n) is 1.06. The Bertz CT molecular complexity index is 336. The van der Waals surface area contributed by atoms with Gasteiger partial charge in [-0.2, -0.15) is 0 Å². The molecule has 1 heterocycles. The molecule has 0 aliphatic heterocycles. The molecule has 0 saturated carbocycles. The van der Waals surface area contributed by atoms with Crippen molar-refractivity contribution in [2.75, 3.05) is 18.0 Å². The Morgan fingerprint density at radius 2 is 1.81 bits per heavy atom. The van der Waals surface area contributed by atoms with E-state index in [1.807, 2.05) is 0 Å². The number of aliphatic carboxylic acids is 2. The molecule has 0 bridgehead atoms. The minimum Gasteiger partial charge on any atom is -0.550 e. The van der Waals surface area contributed by atoms with E-state index in [2.05, 4.69) is 10.2 Å². The lowest BCUT2D eigenvalue weighted by atomic mass is 10.3. The molecule has 0 amide bonds. The summed E-state index contributed by atoms with van der Waals surface area (Å²) in [4.78, 5) is 22.2. The molecular weight excluding hydrogens is 234 g/mol. The van der Waals surface area contributed by atoms with E-state index in [1.165, 1.54) is 21.7 Å². The molecule has 0 N–H and O–H groups in total. The number of carbonyl (C=O) groups is 2. The largest absolute Gasteiger partial charge is 0.550 e. The molecule has 0 atom stereocenters. The first-order chi connectivity index (χ1) is 7.59. The molecule has 0 aliphatic rings. The van der Waals surface area contributed by atoms with Crippen LogP contribution in [0.4, 0.5) is 5.13 Å². The van der Waals surface area contributed by atoms with Gasteiger partial charge in [-0.25, -0.2) is 0 Å². The SMILES string of the molecule is O=C([O-])CCN(CCC(=O)[O-])c1nncs1. The number of nitrogens with zero attached hydrogens (tertiary/aromatic N) is 3. The summed E-state index contributed by atoms with van der Waals surface area (Å²) in [7, 11) is 0. The van der Waals surface area contributed by atoms with Crippen molar-refractivity contribution < 1.29 is 19.8 Å². The minimum atomic E-state index is -1.19. The van der Waals surface area contributed by atoms with E-state index >= 15 is 0 Å². The maximum atomic E-state index is 10.3. The Balaban J connectivity index is 2.55. The highest BCUT2D eigenvalue weighted by molar-refractivity contribution is 7.13. The summed E-state index contributed by atoms with van der Waals surface area (Å²) >= 11 is 1.21. The van der Waals surface area contributed by atoms with Gasteiger partial charge in [-0.3, -0.25) is 0 Å². The first kappa shape index (κ1) is 12.4. The number of rotatable bonds is 7. The van der Waals surface area contributed by atoms with Crippen LogP contribution in [0.5, 0.6) is 0 Å². The monoisotopic (exact) mass is 243 g/mol. The van der Waals surface area contributed by atoms with Gasteiger partial charge >= 0.3 is 0 Å². The highest BCUT2D eigenvalue weighted by Crippen LogP contribution is 2.15. The summed E-state index contributed by atoms with van der Waals surface area (Å²) in [6.07, 6.45) is -0.376. The fraction of sp³-hybridized carbons (Fsp3) is 0.500. The molecule has 0 radical (unpaired) electrons. The van der Waals surface area contributed by atoms with Gasteiger partial charge in [0.1, 0.15) is 5.51 Å². The topological polar surface area (TPSA) is 109 Å². The quantitative estimate of drug-likeness (QED) is 0.526. The maximum Gasteiger partial charge on any atom is 0.208 e. The summed E-state index contributed by atoms with van der Waals surface area (Å²) in [5.41, 5.74) is 1.49. The fourth-order valence-corrected chi connectivity index (χ4v) is 1.68. The molecule has 88 valence electrons. The van der Waals surface area contributed by atoms with E-state index in [0.717, 1.165) is 0 Å². The van der Waals surface area contributed by atoms with Gasteiger partial charge in [-0.05, 0) is 0 Å². The smallest absolute Gasteiger partial charge is 0.208 e. The first-order valence-electron chi connectivity index (χ1n) is 4.50. The Labute approximate surface area is 95.3 Å². The zero-order valence-electron chi connectivity index (χ0n) is 8.29. The summed E-state index contributed by atoms with van der Waals surface area (Å²) in [6.45, 7) is 0.287. The van der Waals surface area contributed by atoms with Crippen LogP contribution >= 0.6 is 11.3 Å². The molecule has 8 heteroatoms. The number of anilines is 1. The van der Waals surface area contributed by atoms with Crippen molar-refractivity contribution in [2.45, 2.75) is 12.8 Å². The van der Waals surface area contributed by atoms with E-state index < -0.39 is 11.9 Å². The second-order valence-electron chi connectivity index (χ2n) is 2.95. The van der Waals surface area contributed by atoms with Crippen LogP contribution in [0.3, 0.4) is 0 Å². The lowest BCUT2D eigenvalue weighted by Crippen LogP contribution is -2.34. The van der Waals surface area contributed by atoms with Crippen LogP contribution in [0.25, 0.3) is 0 Å². The van der Waals surface area contributed by atoms with Crippen molar-refractivity contribution in [3.63, 3.8) is 0 Å². The average Bonchev–Trinajstić information content (AvgIpc) is 2.70. The lowest BCUT2D eigenvalue weighted by Gasteiger charge is -2.21. The first-order valence-corrected chi connectivity index (χ1v) is 5.38. The van der Waals surface area contributed by atoms with Crippen LogP contribution in [-0.2, 0) is 9.59 Å². The number of carboxylic acid groups (broad SMARTS) is 2. The van der Waals surface area contributed by atoms with Gasteiger partial charge in [0.15, 0.2) is 0 Å². The van der Waals surface area contributed by atoms with Gasteiger partial charge in [0.05, 0.1) is 0 Å². The van der Waals surface area contributed by atoms with Crippen LogP contribution in [-0.4, -0.2) is 35.2 Å². The van der Waals surface area contributed by atoms with Gasteiger partial charge in [0.2, 0.25) is 5.13 Å². The normalized spacial score (nSPS) is 10.0. The van der Waals surface area contributed by atoms with Crippen molar-refractivity contribution in [1.82, 2.24) is 10.2 Å². The van der Waals surface area contributed by atoms with Crippen molar-refractivity contribution in [3.8, 4) is 0 Å². The summed E-state index contributed by atoms with van der Waals surface area (Å²) in [5, 5.41) is 28.5. The second-order valence-corrected chi connectivity index (χ2v) is 3.76. The molecule has 0 saturated heterocycles. The number of carboxylic acids is 2. The van der Waals surface area contributed by atoms with Gasteiger partial charge in [0, 0.05) is 37.9 Å². The van der Waals surface area contributed by atoms with Crippen molar-refractivity contribution in [3.05, 3.63) is 5.51 Å². The Morgan fingerprint density at radius 3 is 2.19 bits per heavy atom. The molecule has 1 rings (SSSR count). The molecule has 0 fully saturated rings. The number of hydrogen-bond donors (Lipinski definition) is 0. The van der Waals surface area contributed by atoms with Crippen LogP contribution in [0.1, 0.15) is 12.8 Å². The van der Waals surface area contributed by atoms with Gasteiger partial charge < -0.3 is 24.7 Å². The highest BCUT2D eigenvalue weighted by atomic mass is 32.1. The third kappa shape index (κ3) is 4.22. The molecule has 0 aliphatic carbocycles. The Hall–Kier alpha value is -1.70. The van der Waals surface area contributed by atoms with Crippen molar-refractivity contribution in [1.29, 1.82) is 0 Å². The molecule has 1 aromatic rings. The third-order valence-corrected chi connectivity index (χ3v) is 2.54. The van der Waals surface area contributed by atoms with Crippen LogP contribution in [0, 0.1) is 0 Å². The summed E-state index contributed by atoms with van der Waals surface area (Å²) < 4.78 is 0. The van der Waals surface area contributed by atoms with Crippen LogP contribution in [0.2, 0.25) is 0 Å². The summed E-state index contributed by atoms with van der Waals surface area (Å²) in [5.74, 6) is -2.38. The number of hydrogen-bond acceptors (Lipinski definition) is 8. The van der Waals surface area contributed by atoms with E-state index in [-0.39, 0.29) is 25.9 Å². The Morgan fingerprint density at radius 1 is 1.25 bits per heavy atom. The van der Waals surface area contributed by atoms with E-state index in [4.69, 9.17) is 0 Å². The van der Waals surface area contributed by atoms with E-state index in [0.29, 0.717) is 5.13 Å². The summed E-state index contributed by atoms with van der Waals surface area (Å²) in [6, 6.07) is 0. The Kier molecular flexibility index (Phi) is 4.65. The minimum absolute atomic E-state index is 0.144. The predicted octanol–water partition coefficient (Wildman–Crippen LogP) is -2.38. The zero-order chi connectivity index (χ0) is 12.0. The molecule has 16 heavy (non-hydrogen) atoms. The van der Waals surface area contributed by atoms with E-state index in [9.17, 15) is 19.8 Å². The standard InChI is InChI=1S/C8H11N3O4S/c12-6(13)1-3-11(4-2-7(14)15)8-10-9-5-16-8/h5H,1-4H2,(H,12,13)(H,14,15)/p-2. The maximum absolute atomic E-state index is 10.3. The van der Waals surface area contributed by atoms with Crippen molar-refractivity contribution in [2.24, 2.45) is 0 Å². The second kappa shape index (κ2) is 6.01. The van der Waals surface area contributed by atoms with Crippen LogP contribution < -0.4 is 15.1 Å². The van der Waals surface area contributed by atoms with Gasteiger partial charge in [0.25, 0.3) is 0 Å². The predicted molar refractivity (Wildman–Crippen MR) is 51.4 cm³/mol. The zero-order valence-corrected chi connectivity index (χ0v) is 9.11. The van der Waals surface area contributed by atoms with Gasteiger partial charge in [-0.15, -0.1) is 10.2 Å². The number of aromatic nitrogens is 2. The van der Waals surface area contributed by atoms with Crippen molar-refractivity contribution >= 4 is 28.4 Å². The molecule has 0 aromatic carbocycles. The molecule has 0 spiro atoms. The molecular formula is C8H9N3O4S-2. The van der Waals surface area contributed by atoms with Crippen LogP contribution in [0.15, 0.2) is 5.51 Å². The molecule has 0 unspecified atom stereocenters. The van der Waals surface area contributed by atoms with Gasteiger partial charge in [-0.1, -0.05) is 11.3 Å². The van der Waals surface area contributed by atoms with E-state index in [1.54, 1.807) is 0 Å². The molecule has 7 nitrogen and oxygen atoms in total. The average molecular weight is 243 g/mol. The third-order valence-electron chi connectivity index (χ3n) is 1.79.